The molecule has 1 aliphatic rings. The molecule has 8 nitrogen and oxygen atoms in total. The monoisotopic (exact) mass is 442 g/mol. The lowest BCUT2D eigenvalue weighted by Crippen LogP contribution is -2.47. The zero-order valence-electron chi connectivity index (χ0n) is 18.8. The van der Waals surface area contributed by atoms with E-state index in [0.29, 0.717) is 57.0 Å². The number of rotatable bonds is 9. The van der Waals surface area contributed by atoms with Crippen molar-refractivity contribution in [3.63, 3.8) is 0 Å². The Hall–Kier alpha value is -3.29. The van der Waals surface area contributed by atoms with Gasteiger partial charge in [-0.05, 0) is 44.4 Å². The number of hydrogen-bond donors (Lipinski definition) is 0. The number of aromatic nitrogens is 1. The van der Waals surface area contributed by atoms with Gasteiger partial charge in [0.2, 0.25) is 11.8 Å². The molecule has 0 bridgehead atoms. The van der Waals surface area contributed by atoms with E-state index in [1.54, 1.807) is 24.0 Å². The van der Waals surface area contributed by atoms with Crippen molar-refractivity contribution in [3.05, 3.63) is 48.0 Å². The average molecular weight is 443 g/mol. The standard InChI is InChI=1S/C24H30N2O6/c1-4-31-23(28)24(14-17-32-18-8-6-5-7-9-18)12-15-26(16-13-24)22(27)19-10-11-20(29-2)25-21(19)30-3/h5-11H,4,12-17H2,1-3H3. The number of ether oxygens (including phenoxy) is 4. The minimum absolute atomic E-state index is 0.185. The highest BCUT2D eigenvalue weighted by Gasteiger charge is 2.43. The summed E-state index contributed by atoms with van der Waals surface area (Å²) in [7, 11) is 2.97. The van der Waals surface area contributed by atoms with E-state index in [0.717, 1.165) is 5.75 Å². The Kier molecular flexibility index (Phi) is 7.92. The number of esters is 1. The summed E-state index contributed by atoms with van der Waals surface area (Å²) >= 11 is 0. The first-order chi connectivity index (χ1) is 15.5. The quantitative estimate of drug-likeness (QED) is 0.551. The third-order valence-electron chi connectivity index (χ3n) is 5.78. The second kappa shape index (κ2) is 10.8. The van der Waals surface area contributed by atoms with Crippen molar-refractivity contribution in [2.75, 3.05) is 40.5 Å². The lowest BCUT2D eigenvalue weighted by atomic mass is 9.75. The van der Waals surface area contributed by atoms with Gasteiger partial charge >= 0.3 is 5.97 Å². The molecule has 32 heavy (non-hydrogen) atoms. The number of amides is 1. The molecule has 1 amide bonds. The molecule has 1 aromatic heterocycles. The lowest BCUT2D eigenvalue weighted by Gasteiger charge is -2.40. The molecule has 0 unspecified atom stereocenters. The predicted molar refractivity (Wildman–Crippen MR) is 118 cm³/mol. The molecule has 0 spiro atoms. The predicted octanol–water partition coefficient (Wildman–Crippen LogP) is 3.35. The van der Waals surface area contributed by atoms with Crippen molar-refractivity contribution in [2.45, 2.75) is 26.2 Å². The van der Waals surface area contributed by atoms with Crippen molar-refractivity contribution in [3.8, 4) is 17.5 Å². The Balaban J connectivity index is 1.68. The van der Waals surface area contributed by atoms with Gasteiger partial charge in [0.1, 0.15) is 11.3 Å². The summed E-state index contributed by atoms with van der Waals surface area (Å²) in [5.74, 6) is 0.935. The summed E-state index contributed by atoms with van der Waals surface area (Å²) in [5, 5.41) is 0. The maximum absolute atomic E-state index is 13.1. The SMILES string of the molecule is CCOC(=O)C1(CCOc2ccccc2)CCN(C(=O)c2ccc(OC)nc2OC)CC1. The summed E-state index contributed by atoms with van der Waals surface area (Å²) in [4.78, 5) is 31.9. The van der Waals surface area contributed by atoms with Crippen LogP contribution in [-0.4, -0.2) is 62.3 Å². The van der Waals surface area contributed by atoms with Gasteiger partial charge in [0.15, 0.2) is 0 Å². The van der Waals surface area contributed by atoms with Crippen LogP contribution < -0.4 is 14.2 Å². The van der Waals surface area contributed by atoms with Gasteiger partial charge < -0.3 is 23.8 Å². The summed E-state index contributed by atoms with van der Waals surface area (Å²) in [6.45, 7) is 3.37. The van der Waals surface area contributed by atoms with Crippen LogP contribution in [0.3, 0.4) is 0 Å². The average Bonchev–Trinajstić information content (AvgIpc) is 2.84. The first kappa shape index (κ1) is 23.4. The molecule has 0 atom stereocenters. The molecular weight excluding hydrogens is 412 g/mol. The first-order valence-electron chi connectivity index (χ1n) is 10.8. The van der Waals surface area contributed by atoms with E-state index in [1.807, 2.05) is 30.3 Å². The summed E-state index contributed by atoms with van der Waals surface area (Å²) in [6.07, 6.45) is 1.53. The molecule has 3 rings (SSSR count). The van der Waals surface area contributed by atoms with E-state index < -0.39 is 5.41 Å². The van der Waals surface area contributed by atoms with E-state index in [9.17, 15) is 9.59 Å². The molecule has 1 aromatic carbocycles. The minimum Gasteiger partial charge on any atom is -0.494 e. The van der Waals surface area contributed by atoms with Gasteiger partial charge in [-0.3, -0.25) is 9.59 Å². The molecule has 172 valence electrons. The van der Waals surface area contributed by atoms with Crippen LogP contribution in [0.4, 0.5) is 0 Å². The number of carbonyl (C=O) groups is 2. The molecule has 0 radical (unpaired) electrons. The maximum Gasteiger partial charge on any atom is 0.312 e. The highest BCUT2D eigenvalue weighted by Crippen LogP contribution is 2.37. The van der Waals surface area contributed by atoms with Crippen molar-refractivity contribution in [2.24, 2.45) is 5.41 Å². The van der Waals surface area contributed by atoms with Gasteiger partial charge in [-0.1, -0.05) is 18.2 Å². The van der Waals surface area contributed by atoms with Gasteiger partial charge in [-0.25, -0.2) is 0 Å². The second-order valence-corrected chi connectivity index (χ2v) is 7.61. The molecule has 1 fully saturated rings. The van der Waals surface area contributed by atoms with Gasteiger partial charge in [0.25, 0.3) is 5.91 Å². The fourth-order valence-electron chi connectivity index (χ4n) is 3.89. The van der Waals surface area contributed by atoms with Gasteiger partial charge in [0.05, 0.1) is 32.8 Å². The number of para-hydroxylation sites is 1. The molecule has 1 aliphatic heterocycles. The number of likely N-dealkylation sites (tertiary alicyclic amines) is 1. The van der Waals surface area contributed by atoms with Crippen LogP contribution in [0, 0.1) is 5.41 Å². The highest BCUT2D eigenvalue weighted by molar-refractivity contribution is 5.96. The van der Waals surface area contributed by atoms with Crippen LogP contribution in [0.5, 0.6) is 17.5 Å². The molecular formula is C24H30N2O6. The molecule has 2 aromatic rings. The molecule has 1 saturated heterocycles. The number of benzene rings is 1. The number of nitrogens with zero attached hydrogens (tertiary/aromatic N) is 2. The van der Waals surface area contributed by atoms with Crippen LogP contribution in [0.25, 0.3) is 0 Å². The van der Waals surface area contributed by atoms with Crippen LogP contribution in [0.2, 0.25) is 0 Å². The molecule has 8 heteroatoms. The third-order valence-corrected chi connectivity index (χ3v) is 5.78. The minimum atomic E-state index is -0.677. The van der Waals surface area contributed by atoms with Crippen molar-refractivity contribution in [1.29, 1.82) is 0 Å². The van der Waals surface area contributed by atoms with E-state index in [4.69, 9.17) is 18.9 Å². The summed E-state index contributed by atoms with van der Waals surface area (Å²) in [6, 6.07) is 12.8. The first-order valence-corrected chi connectivity index (χ1v) is 10.8. The van der Waals surface area contributed by atoms with Crippen LogP contribution in [0.15, 0.2) is 42.5 Å². The molecule has 0 aliphatic carbocycles. The Labute approximate surface area is 188 Å². The smallest absolute Gasteiger partial charge is 0.312 e. The third kappa shape index (κ3) is 5.30. The van der Waals surface area contributed by atoms with E-state index >= 15 is 0 Å². The highest BCUT2D eigenvalue weighted by atomic mass is 16.5. The number of carbonyl (C=O) groups excluding carboxylic acids is 2. The van der Waals surface area contributed by atoms with E-state index in [1.165, 1.54) is 14.2 Å². The number of pyridine rings is 1. The Morgan fingerprint density at radius 3 is 2.38 bits per heavy atom. The number of methoxy groups -OCH3 is 2. The lowest BCUT2D eigenvalue weighted by molar-refractivity contribution is -0.159. The summed E-state index contributed by atoms with van der Waals surface area (Å²) < 4.78 is 21.6. The van der Waals surface area contributed by atoms with Crippen LogP contribution >= 0.6 is 0 Å². The van der Waals surface area contributed by atoms with E-state index in [2.05, 4.69) is 4.98 Å². The van der Waals surface area contributed by atoms with Gasteiger partial charge in [-0.15, -0.1) is 0 Å². The topological polar surface area (TPSA) is 87.2 Å². The van der Waals surface area contributed by atoms with Gasteiger partial charge in [0, 0.05) is 19.2 Å². The fraction of sp³-hybridized carbons (Fsp3) is 0.458. The Bertz CT molecular complexity index is 910. The summed E-state index contributed by atoms with van der Waals surface area (Å²) in [5.41, 5.74) is -0.312. The largest absolute Gasteiger partial charge is 0.494 e. The Morgan fingerprint density at radius 2 is 1.75 bits per heavy atom. The maximum atomic E-state index is 13.1. The van der Waals surface area contributed by atoms with Crippen molar-refractivity contribution in [1.82, 2.24) is 9.88 Å². The molecule has 0 N–H and O–H groups in total. The normalized spacial score (nSPS) is 15.0. The van der Waals surface area contributed by atoms with Crippen molar-refractivity contribution >= 4 is 11.9 Å². The van der Waals surface area contributed by atoms with Crippen molar-refractivity contribution < 1.29 is 28.5 Å². The van der Waals surface area contributed by atoms with E-state index in [-0.39, 0.29) is 17.8 Å². The number of piperidine rings is 1. The molecule has 0 saturated carbocycles. The van der Waals surface area contributed by atoms with Crippen LogP contribution in [0.1, 0.15) is 36.5 Å². The fourth-order valence-corrected chi connectivity index (χ4v) is 3.89. The molecule has 2 heterocycles. The van der Waals surface area contributed by atoms with Crippen LogP contribution in [-0.2, 0) is 9.53 Å². The second-order valence-electron chi connectivity index (χ2n) is 7.61. The number of hydrogen-bond acceptors (Lipinski definition) is 7. The zero-order chi connectivity index (χ0) is 23.0. The zero-order valence-corrected chi connectivity index (χ0v) is 18.8. The van der Waals surface area contributed by atoms with Gasteiger partial charge in [-0.2, -0.15) is 4.98 Å². The Morgan fingerprint density at radius 1 is 1.03 bits per heavy atom.